The Morgan fingerprint density at radius 3 is 2.67 bits per heavy atom. The second-order valence-electron chi connectivity index (χ2n) is 4.47. The van der Waals surface area contributed by atoms with Crippen molar-refractivity contribution in [2.45, 2.75) is 0 Å². The number of hydrogen-bond acceptors (Lipinski definition) is 4. The smallest absolute Gasteiger partial charge is 0.333 e. The van der Waals surface area contributed by atoms with Crippen LogP contribution >= 0.6 is 0 Å². The zero-order chi connectivity index (χ0) is 15.0. The molecule has 0 radical (unpaired) electrons. The van der Waals surface area contributed by atoms with Gasteiger partial charge in [-0.3, -0.25) is 4.79 Å². The van der Waals surface area contributed by atoms with Crippen molar-refractivity contribution in [3.05, 3.63) is 63.3 Å². The fourth-order valence-corrected chi connectivity index (χ4v) is 2.24. The molecule has 0 fully saturated rings. The van der Waals surface area contributed by atoms with Crippen LogP contribution in [0.25, 0.3) is 16.6 Å². The van der Waals surface area contributed by atoms with E-state index in [2.05, 4.69) is 4.98 Å². The number of para-hydroxylation sites is 2. The Labute approximate surface area is 118 Å². The number of H-pyrrole nitrogens is 1. The lowest BCUT2D eigenvalue weighted by atomic mass is 10.2. The Balaban J connectivity index is 2.41. The maximum atomic E-state index is 12.5. The third-order valence-corrected chi connectivity index (χ3v) is 3.21. The standard InChI is InChI=1S/C15H12N2O4/c1-21-13-5-3-2-4-12(13)17-14(19)10-7-6-9(18)8-11(10)16-15(17)20/h2-8,18H,1H3,(H,16,20). The van der Waals surface area contributed by atoms with Crippen molar-refractivity contribution in [3.8, 4) is 17.2 Å². The Kier molecular flexibility index (Phi) is 2.98. The molecular formula is C15H12N2O4. The highest BCUT2D eigenvalue weighted by Gasteiger charge is 2.13. The lowest BCUT2D eigenvalue weighted by Gasteiger charge is -2.10. The van der Waals surface area contributed by atoms with E-state index in [9.17, 15) is 14.7 Å². The molecule has 0 spiro atoms. The molecule has 0 amide bonds. The number of rotatable bonds is 2. The fourth-order valence-electron chi connectivity index (χ4n) is 2.24. The number of aromatic hydroxyl groups is 1. The summed E-state index contributed by atoms with van der Waals surface area (Å²) in [5, 5.41) is 9.73. The third-order valence-electron chi connectivity index (χ3n) is 3.21. The van der Waals surface area contributed by atoms with Crippen molar-refractivity contribution in [1.82, 2.24) is 9.55 Å². The number of nitrogens with one attached hydrogen (secondary N) is 1. The van der Waals surface area contributed by atoms with E-state index in [1.165, 1.54) is 25.3 Å². The summed E-state index contributed by atoms with van der Waals surface area (Å²) in [6.45, 7) is 0. The van der Waals surface area contributed by atoms with Crippen LogP contribution in [-0.4, -0.2) is 21.8 Å². The predicted molar refractivity (Wildman–Crippen MR) is 78.4 cm³/mol. The number of benzene rings is 2. The van der Waals surface area contributed by atoms with Crippen LogP contribution in [0, 0.1) is 0 Å². The first-order valence-corrected chi connectivity index (χ1v) is 6.23. The molecule has 6 nitrogen and oxygen atoms in total. The molecule has 0 saturated carbocycles. The van der Waals surface area contributed by atoms with E-state index in [-0.39, 0.29) is 11.3 Å². The van der Waals surface area contributed by atoms with Crippen LogP contribution in [0.1, 0.15) is 0 Å². The highest BCUT2D eigenvalue weighted by Crippen LogP contribution is 2.20. The Hall–Kier alpha value is -3.02. The number of fused-ring (bicyclic) bond motifs is 1. The van der Waals surface area contributed by atoms with E-state index >= 15 is 0 Å². The molecule has 0 aliphatic carbocycles. The highest BCUT2D eigenvalue weighted by molar-refractivity contribution is 5.79. The molecule has 0 aliphatic rings. The summed E-state index contributed by atoms with van der Waals surface area (Å²) in [6, 6.07) is 11.0. The van der Waals surface area contributed by atoms with E-state index in [1.54, 1.807) is 24.3 Å². The molecule has 106 valence electrons. The molecule has 0 saturated heterocycles. The lowest BCUT2D eigenvalue weighted by Crippen LogP contribution is -2.33. The van der Waals surface area contributed by atoms with Crippen molar-refractivity contribution in [1.29, 1.82) is 0 Å². The predicted octanol–water partition coefficient (Wildman–Crippen LogP) is 1.39. The molecule has 1 heterocycles. The number of phenols is 1. The lowest BCUT2D eigenvalue weighted by molar-refractivity contribution is 0.412. The Morgan fingerprint density at radius 1 is 1.14 bits per heavy atom. The van der Waals surface area contributed by atoms with E-state index in [0.29, 0.717) is 16.8 Å². The van der Waals surface area contributed by atoms with Crippen LogP contribution in [0.4, 0.5) is 0 Å². The van der Waals surface area contributed by atoms with Crippen molar-refractivity contribution < 1.29 is 9.84 Å². The monoisotopic (exact) mass is 284 g/mol. The summed E-state index contributed by atoms with van der Waals surface area (Å²) in [4.78, 5) is 27.3. The molecule has 3 aromatic rings. The van der Waals surface area contributed by atoms with Crippen LogP contribution in [0.3, 0.4) is 0 Å². The first-order valence-electron chi connectivity index (χ1n) is 6.23. The maximum Gasteiger partial charge on any atom is 0.333 e. The number of methoxy groups -OCH3 is 1. The fraction of sp³-hybridized carbons (Fsp3) is 0.0667. The summed E-state index contributed by atoms with van der Waals surface area (Å²) in [5.41, 5.74) is -0.418. The first-order chi connectivity index (χ1) is 10.1. The summed E-state index contributed by atoms with van der Waals surface area (Å²) in [7, 11) is 1.47. The van der Waals surface area contributed by atoms with Gasteiger partial charge in [-0.1, -0.05) is 12.1 Å². The second kappa shape index (κ2) is 4.82. The van der Waals surface area contributed by atoms with Gasteiger partial charge >= 0.3 is 5.69 Å². The molecule has 0 unspecified atom stereocenters. The summed E-state index contributed by atoms with van der Waals surface area (Å²) >= 11 is 0. The van der Waals surface area contributed by atoms with Crippen LogP contribution in [0.5, 0.6) is 11.5 Å². The average Bonchev–Trinajstić information content (AvgIpc) is 2.47. The number of phenolic OH excluding ortho intramolecular Hbond substituents is 1. The number of aromatic nitrogens is 2. The quantitative estimate of drug-likeness (QED) is 0.745. The molecule has 0 bridgehead atoms. The molecule has 3 rings (SSSR count). The van der Waals surface area contributed by atoms with Gasteiger partial charge in [0.05, 0.1) is 23.7 Å². The van der Waals surface area contributed by atoms with Crippen LogP contribution in [0.15, 0.2) is 52.1 Å². The summed E-state index contributed by atoms with van der Waals surface area (Å²) in [5.74, 6) is 0.399. The van der Waals surface area contributed by atoms with Crippen LogP contribution in [0.2, 0.25) is 0 Å². The van der Waals surface area contributed by atoms with E-state index in [4.69, 9.17) is 4.74 Å². The van der Waals surface area contributed by atoms with Crippen molar-refractivity contribution in [3.63, 3.8) is 0 Å². The van der Waals surface area contributed by atoms with Crippen molar-refractivity contribution >= 4 is 10.9 Å². The van der Waals surface area contributed by atoms with Gasteiger partial charge in [0.15, 0.2) is 0 Å². The summed E-state index contributed by atoms with van der Waals surface area (Å²) < 4.78 is 6.20. The van der Waals surface area contributed by atoms with Gasteiger partial charge in [0.1, 0.15) is 11.5 Å². The van der Waals surface area contributed by atoms with Gasteiger partial charge in [0.2, 0.25) is 0 Å². The molecule has 1 aromatic heterocycles. The van der Waals surface area contributed by atoms with Crippen molar-refractivity contribution in [2.75, 3.05) is 7.11 Å². The highest BCUT2D eigenvalue weighted by atomic mass is 16.5. The van der Waals surface area contributed by atoms with Gasteiger partial charge in [-0.15, -0.1) is 0 Å². The van der Waals surface area contributed by atoms with Crippen molar-refractivity contribution in [2.24, 2.45) is 0 Å². The molecule has 2 N–H and O–H groups in total. The molecular weight excluding hydrogens is 272 g/mol. The van der Waals surface area contributed by atoms with Crippen LogP contribution < -0.4 is 16.0 Å². The van der Waals surface area contributed by atoms with Gasteiger partial charge < -0.3 is 14.8 Å². The van der Waals surface area contributed by atoms with E-state index in [1.807, 2.05) is 0 Å². The van der Waals surface area contributed by atoms with Gasteiger partial charge in [-0.2, -0.15) is 0 Å². The average molecular weight is 284 g/mol. The number of nitrogens with zero attached hydrogens (tertiary/aromatic N) is 1. The van der Waals surface area contributed by atoms with Gasteiger partial charge in [0, 0.05) is 6.07 Å². The minimum Gasteiger partial charge on any atom is -0.508 e. The minimum absolute atomic E-state index is 0.0207. The Morgan fingerprint density at radius 2 is 1.90 bits per heavy atom. The number of ether oxygens (including phenoxy) is 1. The maximum absolute atomic E-state index is 12.5. The normalized spacial score (nSPS) is 10.7. The third kappa shape index (κ3) is 2.06. The minimum atomic E-state index is -0.595. The zero-order valence-corrected chi connectivity index (χ0v) is 11.2. The molecule has 0 atom stereocenters. The van der Waals surface area contributed by atoms with Gasteiger partial charge in [-0.05, 0) is 24.3 Å². The number of aromatic amines is 1. The van der Waals surface area contributed by atoms with E-state index < -0.39 is 11.2 Å². The van der Waals surface area contributed by atoms with Gasteiger partial charge in [0.25, 0.3) is 5.56 Å². The SMILES string of the molecule is COc1ccccc1-n1c(=O)[nH]c2cc(O)ccc2c1=O. The molecule has 2 aromatic carbocycles. The molecule has 6 heteroatoms. The Bertz CT molecular complexity index is 940. The largest absolute Gasteiger partial charge is 0.508 e. The number of hydrogen-bond donors (Lipinski definition) is 2. The molecule has 0 aliphatic heterocycles. The molecule has 21 heavy (non-hydrogen) atoms. The van der Waals surface area contributed by atoms with E-state index in [0.717, 1.165) is 4.57 Å². The van der Waals surface area contributed by atoms with Crippen LogP contribution in [-0.2, 0) is 0 Å². The van der Waals surface area contributed by atoms with Gasteiger partial charge in [-0.25, -0.2) is 9.36 Å². The zero-order valence-electron chi connectivity index (χ0n) is 11.2. The summed E-state index contributed by atoms with van der Waals surface area (Å²) in [6.07, 6.45) is 0. The second-order valence-corrected chi connectivity index (χ2v) is 4.47. The first kappa shape index (κ1) is 13.0. The topological polar surface area (TPSA) is 84.3 Å².